The van der Waals surface area contributed by atoms with Crippen molar-refractivity contribution in [3.05, 3.63) is 70.2 Å². The van der Waals surface area contributed by atoms with Gasteiger partial charge in [-0.25, -0.2) is 0 Å². The smallest absolute Gasteiger partial charge is 0.258 e. The summed E-state index contributed by atoms with van der Waals surface area (Å²) >= 11 is 6.35. The quantitative estimate of drug-likeness (QED) is 0.487. The Labute approximate surface area is 150 Å². The molecular formula is C16H12BrN3OS2. The highest BCUT2D eigenvalue weighted by atomic mass is 79.9. The van der Waals surface area contributed by atoms with Crippen LogP contribution in [0, 0.1) is 0 Å². The summed E-state index contributed by atoms with van der Waals surface area (Å²) in [6.45, 7) is 0. The number of hydrogen-bond donors (Lipinski definition) is 1. The van der Waals surface area contributed by atoms with Crippen molar-refractivity contribution in [3.8, 4) is 0 Å². The van der Waals surface area contributed by atoms with E-state index in [1.165, 1.54) is 16.9 Å². The van der Waals surface area contributed by atoms with Crippen LogP contribution in [-0.4, -0.2) is 16.1 Å². The van der Waals surface area contributed by atoms with E-state index in [0.29, 0.717) is 10.7 Å². The molecule has 0 bridgehead atoms. The van der Waals surface area contributed by atoms with Gasteiger partial charge in [0.15, 0.2) is 4.34 Å². The molecule has 0 fully saturated rings. The number of carbonyl (C=O) groups excluding carboxylic acids is 1. The number of anilines is 1. The van der Waals surface area contributed by atoms with Gasteiger partial charge in [-0.05, 0) is 33.6 Å². The summed E-state index contributed by atoms with van der Waals surface area (Å²) in [6, 6.07) is 17.4. The van der Waals surface area contributed by atoms with E-state index in [-0.39, 0.29) is 5.91 Å². The fourth-order valence-electron chi connectivity index (χ4n) is 1.85. The number of thioether (sulfide) groups is 1. The fraction of sp³-hybridized carbons (Fsp3) is 0.0625. The van der Waals surface area contributed by atoms with Crippen molar-refractivity contribution in [2.24, 2.45) is 0 Å². The van der Waals surface area contributed by atoms with E-state index in [1.807, 2.05) is 36.4 Å². The number of nitrogens with one attached hydrogen (secondary N) is 1. The number of halogens is 1. The molecule has 0 aliphatic heterocycles. The normalized spacial score (nSPS) is 10.5. The monoisotopic (exact) mass is 405 g/mol. The number of amides is 1. The molecule has 1 N–H and O–H groups in total. The van der Waals surface area contributed by atoms with Crippen molar-refractivity contribution < 1.29 is 4.79 Å². The Bertz CT molecular complexity index is 808. The van der Waals surface area contributed by atoms with Crippen LogP contribution >= 0.6 is 39.0 Å². The Hall–Kier alpha value is -1.70. The lowest BCUT2D eigenvalue weighted by molar-refractivity contribution is 0.102. The third kappa shape index (κ3) is 4.40. The third-order valence-electron chi connectivity index (χ3n) is 2.95. The van der Waals surface area contributed by atoms with Crippen LogP contribution in [0.3, 0.4) is 0 Å². The van der Waals surface area contributed by atoms with Gasteiger partial charge >= 0.3 is 0 Å². The average Bonchev–Trinajstić information content (AvgIpc) is 3.02. The Kier molecular flexibility index (Phi) is 5.43. The first-order chi connectivity index (χ1) is 11.2. The van der Waals surface area contributed by atoms with Gasteiger partial charge in [0.25, 0.3) is 5.91 Å². The molecule has 1 amide bonds. The maximum Gasteiger partial charge on any atom is 0.258 e. The lowest BCUT2D eigenvalue weighted by Gasteiger charge is -2.02. The largest absolute Gasteiger partial charge is 0.296 e. The molecule has 0 aliphatic rings. The molecule has 2 aromatic carbocycles. The SMILES string of the molecule is O=C(Nc1nnc(SCc2ccccc2)s1)c1ccccc1Br. The minimum Gasteiger partial charge on any atom is -0.296 e. The summed E-state index contributed by atoms with van der Waals surface area (Å²) in [6.07, 6.45) is 0. The molecule has 0 radical (unpaired) electrons. The van der Waals surface area contributed by atoms with Gasteiger partial charge in [-0.2, -0.15) is 0 Å². The Morgan fingerprint density at radius 2 is 1.83 bits per heavy atom. The molecular weight excluding hydrogens is 394 g/mol. The molecule has 1 heterocycles. The van der Waals surface area contributed by atoms with Crippen LogP contribution in [0.15, 0.2) is 63.4 Å². The number of benzene rings is 2. The first-order valence-electron chi connectivity index (χ1n) is 6.78. The second-order valence-electron chi connectivity index (χ2n) is 4.58. The van der Waals surface area contributed by atoms with Crippen LogP contribution in [0.5, 0.6) is 0 Å². The van der Waals surface area contributed by atoms with Gasteiger partial charge in [-0.3, -0.25) is 10.1 Å². The fourth-order valence-corrected chi connectivity index (χ4v) is 4.02. The van der Waals surface area contributed by atoms with Gasteiger partial charge in [0.2, 0.25) is 5.13 Å². The lowest BCUT2D eigenvalue weighted by atomic mass is 10.2. The van der Waals surface area contributed by atoms with Crippen molar-refractivity contribution in [2.75, 3.05) is 5.32 Å². The van der Waals surface area contributed by atoms with Crippen LogP contribution in [0.25, 0.3) is 0 Å². The van der Waals surface area contributed by atoms with Gasteiger partial charge in [0.05, 0.1) is 5.56 Å². The highest BCUT2D eigenvalue weighted by molar-refractivity contribution is 9.10. The molecule has 23 heavy (non-hydrogen) atoms. The molecule has 116 valence electrons. The standard InChI is InChI=1S/C16H12BrN3OS2/c17-13-9-5-4-8-12(13)14(21)18-15-19-20-16(23-15)22-10-11-6-2-1-3-7-11/h1-9H,10H2,(H,18,19,21). The lowest BCUT2D eigenvalue weighted by Crippen LogP contribution is -2.12. The van der Waals surface area contributed by atoms with Crippen molar-refractivity contribution in [1.29, 1.82) is 0 Å². The number of carbonyl (C=O) groups is 1. The van der Waals surface area contributed by atoms with Gasteiger partial charge in [-0.1, -0.05) is 65.6 Å². The van der Waals surface area contributed by atoms with E-state index in [0.717, 1.165) is 14.6 Å². The van der Waals surface area contributed by atoms with Gasteiger partial charge < -0.3 is 0 Å². The Morgan fingerprint density at radius 1 is 1.09 bits per heavy atom. The molecule has 4 nitrogen and oxygen atoms in total. The second-order valence-corrected chi connectivity index (χ2v) is 7.64. The maximum atomic E-state index is 12.2. The van der Waals surface area contributed by atoms with Crippen LogP contribution in [0.4, 0.5) is 5.13 Å². The van der Waals surface area contributed by atoms with Crippen LogP contribution < -0.4 is 5.32 Å². The van der Waals surface area contributed by atoms with Crippen molar-refractivity contribution >= 4 is 50.1 Å². The minimum atomic E-state index is -0.201. The summed E-state index contributed by atoms with van der Waals surface area (Å²) in [5.74, 6) is 0.626. The Balaban J connectivity index is 1.61. The Morgan fingerprint density at radius 3 is 2.61 bits per heavy atom. The van der Waals surface area contributed by atoms with Crippen LogP contribution in [0.2, 0.25) is 0 Å². The number of hydrogen-bond acceptors (Lipinski definition) is 5. The van der Waals surface area contributed by atoms with E-state index in [2.05, 4.69) is 43.6 Å². The summed E-state index contributed by atoms with van der Waals surface area (Å²) in [5, 5.41) is 11.4. The highest BCUT2D eigenvalue weighted by Gasteiger charge is 2.12. The van der Waals surface area contributed by atoms with Crippen molar-refractivity contribution in [2.45, 2.75) is 10.1 Å². The predicted molar refractivity (Wildman–Crippen MR) is 98.0 cm³/mol. The molecule has 0 saturated heterocycles. The van der Waals surface area contributed by atoms with E-state index >= 15 is 0 Å². The van der Waals surface area contributed by atoms with Crippen LogP contribution in [-0.2, 0) is 5.75 Å². The summed E-state index contributed by atoms with van der Waals surface area (Å²) in [5.41, 5.74) is 1.80. The summed E-state index contributed by atoms with van der Waals surface area (Å²) in [7, 11) is 0. The summed E-state index contributed by atoms with van der Waals surface area (Å²) in [4.78, 5) is 12.2. The molecule has 3 aromatic rings. The van der Waals surface area contributed by atoms with E-state index in [1.54, 1.807) is 17.8 Å². The molecule has 0 saturated carbocycles. The average molecular weight is 406 g/mol. The van der Waals surface area contributed by atoms with Crippen LogP contribution in [0.1, 0.15) is 15.9 Å². The molecule has 0 unspecified atom stereocenters. The van der Waals surface area contributed by atoms with E-state index in [4.69, 9.17) is 0 Å². The summed E-state index contributed by atoms with van der Waals surface area (Å²) < 4.78 is 1.58. The molecule has 0 aliphatic carbocycles. The number of aromatic nitrogens is 2. The second kappa shape index (κ2) is 7.72. The molecule has 1 aromatic heterocycles. The maximum absolute atomic E-state index is 12.2. The zero-order valence-electron chi connectivity index (χ0n) is 11.9. The van der Waals surface area contributed by atoms with Crippen molar-refractivity contribution in [1.82, 2.24) is 10.2 Å². The first kappa shape index (κ1) is 16.2. The third-order valence-corrected chi connectivity index (χ3v) is 5.69. The molecule has 3 rings (SSSR count). The molecule has 0 atom stereocenters. The van der Waals surface area contributed by atoms with Gasteiger partial charge in [-0.15, -0.1) is 10.2 Å². The number of rotatable bonds is 5. The minimum absolute atomic E-state index is 0.201. The predicted octanol–water partition coefficient (Wildman–Crippen LogP) is 4.85. The molecule has 7 heteroatoms. The number of nitrogens with zero attached hydrogens (tertiary/aromatic N) is 2. The van der Waals surface area contributed by atoms with E-state index in [9.17, 15) is 4.79 Å². The topological polar surface area (TPSA) is 54.9 Å². The van der Waals surface area contributed by atoms with Crippen molar-refractivity contribution in [3.63, 3.8) is 0 Å². The van der Waals surface area contributed by atoms with Gasteiger partial charge in [0.1, 0.15) is 0 Å². The molecule has 0 spiro atoms. The zero-order valence-corrected chi connectivity index (χ0v) is 15.1. The van der Waals surface area contributed by atoms with E-state index < -0.39 is 0 Å². The zero-order chi connectivity index (χ0) is 16.1. The highest BCUT2D eigenvalue weighted by Crippen LogP contribution is 2.28. The van der Waals surface area contributed by atoms with Gasteiger partial charge in [0, 0.05) is 10.2 Å². The first-order valence-corrected chi connectivity index (χ1v) is 9.38.